The van der Waals surface area contributed by atoms with Crippen LogP contribution >= 0.6 is 0 Å². The van der Waals surface area contributed by atoms with E-state index in [0.717, 1.165) is 31.4 Å². The van der Waals surface area contributed by atoms with Gasteiger partial charge in [-0.25, -0.2) is 4.98 Å². The van der Waals surface area contributed by atoms with Crippen molar-refractivity contribution in [2.24, 2.45) is 0 Å². The molecule has 1 N–H and O–H groups in total. The van der Waals surface area contributed by atoms with Gasteiger partial charge in [0.1, 0.15) is 5.82 Å². The van der Waals surface area contributed by atoms with Crippen molar-refractivity contribution >= 4 is 11.8 Å². The molecule has 0 atom stereocenters. The molecule has 4 nitrogen and oxygen atoms in total. The molecule has 0 spiro atoms. The van der Waals surface area contributed by atoms with Gasteiger partial charge in [-0.3, -0.25) is 0 Å². The molecule has 0 fully saturated rings. The normalized spacial score (nSPS) is 10.3. The lowest BCUT2D eigenvalue weighted by Gasteiger charge is -2.19. The van der Waals surface area contributed by atoms with Crippen LogP contribution in [0.4, 0.5) is 11.8 Å². The summed E-state index contributed by atoms with van der Waals surface area (Å²) in [6, 6.07) is 1.96. The Kier molecular flexibility index (Phi) is 6.37. The molecule has 1 aromatic heterocycles. The van der Waals surface area contributed by atoms with Crippen molar-refractivity contribution in [3.63, 3.8) is 0 Å². The Balaban J connectivity index is 2.53. The average Bonchev–Trinajstić information content (AvgIpc) is 2.37. The van der Waals surface area contributed by atoms with Crippen LogP contribution in [0.2, 0.25) is 0 Å². The van der Waals surface area contributed by atoms with Gasteiger partial charge in [-0.2, -0.15) is 4.98 Å². The maximum atomic E-state index is 4.52. The highest BCUT2D eigenvalue weighted by Crippen LogP contribution is 2.11. The zero-order valence-electron chi connectivity index (χ0n) is 11.2. The van der Waals surface area contributed by atoms with E-state index in [1.807, 2.05) is 12.3 Å². The van der Waals surface area contributed by atoms with Crippen molar-refractivity contribution in [3.05, 3.63) is 12.3 Å². The third-order valence-corrected chi connectivity index (χ3v) is 2.79. The lowest BCUT2D eigenvalue weighted by atomic mass is 10.2. The molecule has 0 aromatic carbocycles. The molecule has 1 aromatic rings. The van der Waals surface area contributed by atoms with Crippen molar-refractivity contribution in [1.29, 1.82) is 0 Å². The fourth-order valence-electron chi connectivity index (χ4n) is 1.73. The maximum absolute atomic E-state index is 4.52. The molecule has 0 aliphatic heterocycles. The van der Waals surface area contributed by atoms with E-state index in [4.69, 9.17) is 0 Å². The summed E-state index contributed by atoms with van der Waals surface area (Å²) in [7, 11) is 0. The Morgan fingerprint density at radius 3 is 2.59 bits per heavy atom. The standard InChI is InChI=1S/C13H24N4/c1-4-7-8-10-14-13-15-11-9-12(16-13)17(5-2)6-3/h9,11H,4-8,10H2,1-3H3,(H,14,15,16). The van der Waals surface area contributed by atoms with Crippen LogP contribution in [-0.2, 0) is 0 Å². The van der Waals surface area contributed by atoms with Gasteiger partial charge < -0.3 is 10.2 Å². The van der Waals surface area contributed by atoms with Crippen LogP contribution in [0.25, 0.3) is 0 Å². The van der Waals surface area contributed by atoms with E-state index in [9.17, 15) is 0 Å². The third kappa shape index (κ3) is 4.59. The fraction of sp³-hybridized carbons (Fsp3) is 0.692. The van der Waals surface area contributed by atoms with Gasteiger partial charge in [0, 0.05) is 25.8 Å². The smallest absolute Gasteiger partial charge is 0.224 e. The molecule has 0 saturated carbocycles. The summed E-state index contributed by atoms with van der Waals surface area (Å²) in [6.45, 7) is 9.39. The van der Waals surface area contributed by atoms with Crippen LogP contribution < -0.4 is 10.2 Å². The van der Waals surface area contributed by atoms with Gasteiger partial charge in [0.15, 0.2) is 0 Å². The monoisotopic (exact) mass is 236 g/mol. The first-order valence-corrected chi connectivity index (χ1v) is 6.63. The molecule has 0 bridgehead atoms. The number of aromatic nitrogens is 2. The second-order valence-electron chi connectivity index (χ2n) is 4.04. The second kappa shape index (κ2) is 7.87. The van der Waals surface area contributed by atoms with Crippen molar-refractivity contribution in [1.82, 2.24) is 9.97 Å². The molecule has 0 radical (unpaired) electrons. The minimum absolute atomic E-state index is 0.741. The van der Waals surface area contributed by atoms with E-state index in [2.05, 4.69) is 41.0 Å². The number of hydrogen-bond acceptors (Lipinski definition) is 4. The number of nitrogens with one attached hydrogen (secondary N) is 1. The molecule has 0 aliphatic rings. The zero-order valence-corrected chi connectivity index (χ0v) is 11.2. The summed E-state index contributed by atoms with van der Waals surface area (Å²) >= 11 is 0. The Morgan fingerprint density at radius 1 is 1.18 bits per heavy atom. The van der Waals surface area contributed by atoms with E-state index in [-0.39, 0.29) is 0 Å². The van der Waals surface area contributed by atoms with E-state index < -0.39 is 0 Å². The predicted octanol–water partition coefficient (Wildman–Crippen LogP) is 2.92. The molecular formula is C13H24N4. The minimum atomic E-state index is 0.741. The van der Waals surface area contributed by atoms with Crippen molar-refractivity contribution in [2.75, 3.05) is 29.9 Å². The van der Waals surface area contributed by atoms with Crippen molar-refractivity contribution in [3.8, 4) is 0 Å². The highest BCUT2D eigenvalue weighted by atomic mass is 15.2. The van der Waals surface area contributed by atoms with E-state index in [0.29, 0.717) is 0 Å². The van der Waals surface area contributed by atoms with Crippen LogP contribution in [0, 0.1) is 0 Å². The lowest BCUT2D eigenvalue weighted by Crippen LogP contribution is -2.23. The Bertz CT molecular complexity index is 310. The molecule has 0 amide bonds. The molecule has 0 unspecified atom stereocenters. The summed E-state index contributed by atoms with van der Waals surface area (Å²) in [5.41, 5.74) is 0. The van der Waals surface area contributed by atoms with Gasteiger partial charge in [0.05, 0.1) is 0 Å². The molecule has 17 heavy (non-hydrogen) atoms. The Labute approximate surface area is 104 Å². The van der Waals surface area contributed by atoms with E-state index in [1.165, 1.54) is 19.3 Å². The predicted molar refractivity (Wildman–Crippen MR) is 73.6 cm³/mol. The van der Waals surface area contributed by atoms with Crippen LogP contribution in [0.1, 0.15) is 40.0 Å². The number of hydrogen-bond donors (Lipinski definition) is 1. The van der Waals surface area contributed by atoms with E-state index in [1.54, 1.807) is 0 Å². The molecular weight excluding hydrogens is 212 g/mol. The lowest BCUT2D eigenvalue weighted by molar-refractivity contribution is 0.739. The fourth-order valence-corrected chi connectivity index (χ4v) is 1.73. The molecule has 96 valence electrons. The summed E-state index contributed by atoms with van der Waals surface area (Å²) in [5.74, 6) is 1.74. The minimum Gasteiger partial charge on any atom is -0.357 e. The van der Waals surface area contributed by atoms with Gasteiger partial charge in [-0.05, 0) is 26.3 Å². The topological polar surface area (TPSA) is 41.1 Å². The van der Waals surface area contributed by atoms with Gasteiger partial charge in [-0.15, -0.1) is 0 Å². The summed E-state index contributed by atoms with van der Waals surface area (Å²) in [6.07, 6.45) is 5.49. The number of anilines is 2. The van der Waals surface area contributed by atoms with Gasteiger partial charge in [-0.1, -0.05) is 19.8 Å². The second-order valence-corrected chi connectivity index (χ2v) is 4.04. The van der Waals surface area contributed by atoms with Crippen LogP contribution in [0.3, 0.4) is 0 Å². The van der Waals surface area contributed by atoms with Crippen molar-refractivity contribution < 1.29 is 0 Å². The highest BCUT2D eigenvalue weighted by molar-refractivity contribution is 5.42. The zero-order chi connectivity index (χ0) is 12.5. The third-order valence-electron chi connectivity index (χ3n) is 2.79. The van der Waals surface area contributed by atoms with Crippen LogP contribution in [0.15, 0.2) is 12.3 Å². The molecule has 0 aliphatic carbocycles. The SMILES string of the molecule is CCCCCNc1nccc(N(CC)CC)n1. The largest absolute Gasteiger partial charge is 0.357 e. The quantitative estimate of drug-likeness (QED) is 0.705. The molecule has 1 rings (SSSR count). The molecule has 1 heterocycles. The van der Waals surface area contributed by atoms with Crippen LogP contribution in [-0.4, -0.2) is 29.6 Å². The van der Waals surface area contributed by atoms with Gasteiger partial charge in [0.25, 0.3) is 0 Å². The first-order valence-electron chi connectivity index (χ1n) is 6.63. The Morgan fingerprint density at radius 2 is 1.94 bits per heavy atom. The van der Waals surface area contributed by atoms with Gasteiger partial charge >= 0.3 is 0 Å². The average molecular weight is 236 g/mol. The van der Waals surface area contributed by atoms with Crippen LogP contribution in [0.5, 0.6) is 0 Å². The maximum Gasteiger partial charge on any atom is 0.224 e. The van der Waals surface area contributed by atoms with Crippen molar-refractivity contribution in [2.45, 2.75) is 40.0 Å². The number of rotatable bonds is 8. The highest BCUT2D eigenvalue weighted by Gasteiger charge is 2.04. The Hall–Kier alpha value is -1.32. The first kappa shape index (κ1) is 13.7. The first-order chi connectivity index (χ1) is 8.31. The number of unbranched alkanes of at least 4 members (excludes halogenated alkanes) is 2. The van der Waals surface area contributed by atoms with E-state index >= 15 is 0 Å². The summed E-state index contributed by atoms with van der Waals surface area (Å²) < 4.78 is 0. The summed E-state index contributed by atoms with van der Waals surface area (Å²) in [5, 5.41) is 3.27. The summed E-state index contributed by atoms with van der Waals surface area (Å²) in [4.78, 5) is 11.0. The number of nitrogens with zero attached hydrogens (tertiary/aromatic N) is 3. The van der Waals surface area contributed by atoms with Gasteiger partial charge in [0.2, 0.25) is 5.95 Å². The molecule has 4 heteroatoms. The molecule has 0 saturated heterocycles.